The number of rotatable bonds is 10. The summed E-state index contributed by atoms with van der Waals surface area (Å²) in [6.45, 7) is 4.81. The molecule has 0 aromatic rings. The first-order chi connectivity index (χ1) is 11.0. The zero-order valence-electron chi connectivity index (χ0n) is 14.1. The van der Waals surface area contributed by atoms with Gasteiger partial charge in [-0.2, -0.15) is 0 Å². The summed E-state index contributed by atoms with van der Waals surface area (Å²) >= 11 is 0. The Hall–Kier alpha value is -1.49. The van der Waals surface area contributed by atoms with E-state index in [1.54, 1.807) is 0 Å². The van der Waals surface area contributed by atoms with Crippen molar-refractivity contribution in [2.45, 2.75) is 50.1 Å². The minimum absolute atomic E-state index is 0.126. The number of carboxylic acids is 3. The van der Waals surface area contributed by atoms with Crippen molar-refractivity contribution >= 4 is 26.0 Å². The molecule has 1 saturated heterocycles. The van der Waals surface area contributed by atoms with Crippen molar-refractivity contribution in [1.29, 1.82) is 0 Å². The van der Waals surface area contributed by atoms with Crippen LogP contribution >= 0.6 is 0 Å². The minimum Gasteiger partial charge on any atom is -0.480 e. The molecule has 0 radical (unpaired) electrons. The topological polar surface area (TPSA) is 153 Å². The van der Waals surface area contributed by atoms with E-state index in [2.05, 4.69) is 18.4 Å². The van der Waals surface area contributed by atoms with Crippen LogP contribution < -0.4 is 11.1 Å². The summed E-state index contributed by atoms with van der Waals surface area (Å²) < 4.78 is 0. The average Bonchev–Trinajstić information content (AvgIpc) is 2.77. The minimum atomic E-state index is -1.59. The third-order valence-electron chi connectivity index (χ3n) is 4.27. The first-order valence-corrected chi connectivity index (χ1v) is 11.4. The first-order valence-electron chi connectivity index (χ1n) is 7.95. The van der Waals surface area contributed by atoms with Gasteiger partial charge in [-0.15, -0.1) is 0 Å². The van der Waals surface area contributed by atoms with Gasteiger partial charge in [-0.1, -0.05) is 13.1 Å². The zero-order chi connectivity index (χ0) is 18.5. The van der Waals surface area contributed by atoms with Crippen molar-refractivity contribution in [2.75, 3.05) is 19.3 Å². The van der Waals surface area contributed by atoms with E-state index >= 15 is 0 Å². The molecule has 1 aliphatic heterocycles. The van der Waals surface area contributed by atoms with Crippen molar-refractivity contribution in [1.82, 2.24) is 10.2 Å². The molecule has 0 aromatic carbocycles. The Labute approximate surface area is 141 Å². The number of nitrogens with two attached hydrogens (primary N) is 1. The summed E-state index contributed by atoms with van der Waals surface area (Å²) in [6.07, 6.45) is 1.12. The van der Waals surface area contributed by atoms with Crippen LogP contribution in [0.1, 0.15) is 12.8 Å². The van der Waals surface area contributed by atoms with Crippen molar-refractivity contribution in [2.24, 2.45) is 5.73 Å². The maximum absolute atomic E-state index is 11.4. The third kappa shape index (κ3) is 6.19. The van der Waals surface area contributed by atoms with Crippen LogP contribution in [0.25, 0.3) is 0 Å². The largest absolute Gasteiger partial charge is 0.480 e. The Morgan fingerprint density at radius 1 is 1.21 bits per heavy atom. The number of carboxylic acid groups (broad SMARTS) is 3. The van der Waals surface area contributed by atoms with Crippen LogP contribution in [0.15, 0.2) is 0 Å². The van der Waals surface area contributed by atoms with Crippen LogP contribution in [0.4, 0.5) is 0 Å². The molecule has 9 nitrogen and oxygen atoms in total. The fraction of sp³-hybridized carbons (Fsp3) is 0.786. The molecular weight excluding hydrogens is 334 g/mol. The Bertz CT molecular complexity index is 487. The van der Waals surface area contributed by atoms with Gasteiger partial charge in [-0.3, -0.25) is 19.3 Å². The SMILES string of the molecule is C[Si]1(C)CC(C(=O)O)N(CC[C@H](NCC[C@H](N)C(=O)O)C(=O)O)C1. The summed E-state index contributed by atoms with van der Waals surface area (Å²) in [4.78, 5) is 35.2. The van der Waals surface area contributed by atoms with E-state index in [9.17, 15) is 24.6 Å². The molecule has 0 bridgehead atoms. The zero-order valence-corrected chi connectivity index (χ0v) is 15.1. The highest BCUT2D eigenvalue weighted by molar-refractivity contribution is 6.78. The molecule has 1 heterocycles. The van der Waals surface area contributed by atoms with Gasteiger partial charge in [0.05, 0.1) is 8.07 Å². The molecule has 1 aliphatic rings. The van der Waals surface area contributed by atoms with Gasteiger partial charge in [-0.25, -0.2) is 0 Å². The van der Waals surface area contributed by atoms with E-state index in [1.807, 2.05) is 4.90 Å². The van der Waals surface area contributed by atoms with Gasteiger partial charge >= 0.3 is 17.9 Å². The lowest BCUT2D eigenvalue weighted by Gasteiger charge is -2.24. The molecule has 0 aromatic heterocycles. The van der Waals surface area contributed by atoms with Crippen molar-refractivity contribution < 1.29 is 29.7 Å². The van der Waals surface area contributed by atoms with Gasteiger partial charge < -0.3 is 26.4 Å². The Morgan fingerprint density at radius 3 is 2.33 bits per heavy atom. The highest BCUT2D eigenvalue weighted by atomic mass is 28.3. The summed E-state index contributed by atoms with van der Waals surface area (Å²) in [6, 6.07) is -1.76. The predicted octanol–water partition coefficient (Wildman–Crippen LogP) is -0.762. The van der Waals surface area contributed by atoms with Gasteiger partial charge in [0.1, 0.15) is 18.1 Å². The van der Waals surface area contributed by atoms with E-state index in [0.717, 1.165) is 6.17 Å². The second-order valence-electron chi connectivity index (χ2n) is 7.06. The van der Waals surface area contributed by atoms with E-state index in [0.29, 0.717) is 12.6 Å². The average molecular weight is 361 g/mol. The fourth-order valence-electron chi connectivity index (χ4n) is 3.00. The molecule has 24 heavy (non-hydrogen) atoms. The lowest BCUT2D eigenvalue weighted by Crippen LogP contribution is -2.44. The number of nitrogens with zero attached hydrogens (tertiary/aromatic N) is 1. The van der Waals surface area contributed by atoms with Crippen molar-refractivity contribution in [3.63, 3.8) is 0 Å². The standard InChI is InChI=1S/C14H27N3O6Si/c1-24(2)7-11(14(22)23)17(8-24)6-4-10(13(20)21)16-5-3-9(15)12(18)19/h9-11,16H,3-8,15H2,1-2H3,(H,18,19)(H,20,21)(H,22,23)/t9-,10-,11?/m0/s1. The highest BCUT2D eigenvalue weighted by Gasteiger charge is 2.42. The van der Waals surface area contributed by atoms with Gasteiger partial charge in [-0.05, 0) is 31.6 Å². The molecule has 0 saturated carbocycles. The second-order valence-corrected chi connectivity index (χ2v) is 12.1. The molecular formula is C14H27N3O6Si. The van der Waals surface area contributed by atoms with Crippen LogP contribution in [0, 0.1) is 0 Å². The monoisotopic (exact) mass is 361 g/mol. The van der Waals surface area contributed by atoms with Crippen LogP contribution in [-0.4, -0.2) is 83.6 Å². The van der Waals surface area contributed by atoms with E-state index < -0.39 is 44.1 Å². The van der Waals surface area contributed by atoms with Crippen molar-refractivity contribution in [3.8, 4) is 0 Å². The van der Waals surface area contributed by atoms with Crippen molar-refractivity contribution in [3.05, 3.63) is 0 Å². The normalized spacial score (nSPS) is 22.9. The molecule has 0 amide bonds. The number of carbonyl (C=O) groups is 3. The summed E-state index contributed by atoms with van der Waals surface area (Å²) in [7, 11) is -1.59. The van der Waals surface area contributed by atoms with E-state index in [1.165, 1.54) is 0 Å². The molecule has 138 valence electrons. The number of hydrogen-bond acceptors (Lipinski definition) is 6. The van der Waals surface area contributed by atoms with Crippen LogP contribution in [0.3, 0.4) is 0 Å². The van der Waals surface area contributed by atoms with Crippen LogP contribution in [0.5, 0.6) is 0 Å². The summed E-state index contributed by atoms with van der Waals surface area (Å²) in [5.74, 6) is -3.03. The first kappa shape index (κ1) is 20.6. The highest BCUT2D eigenvalue weighted by Crippen LogP contribution is 2.27. The molecule has 0 aliphatic carbocycles. The molecule has 1 fully saturated rings. The quantitative estimate of drug-likeness (QED) is 0.316. The Balaban J connectivity index is 2.52. The molecule has 0 spiro atoms. The number of aliphatic carboxylic acids is 3. The Kier molecular flexibility index (Phi) is 7.33. The third-order valence-corrected chi connectivity index (χ3v) is 7.02. The lowest BCUT2D eigenvalue weighted by molar-refractivity contribution is -0.142. The van der Waals surface area contributed by atoms with Crippen LogP contribution in [0.2, 0.25) is 19.1 Å². The second kappa shape index (κ2) is 8.56. The maximum atomic E-state index is 11.4. The van der Waals surface area contributed by atoms with Crippen LogP contribution in [-0.2, 0) is 14.4 Å². The number of nitrogens with one attached hydrogen (secondary N) is 1. The summed E-state index contributed by atoms with van der Waals surface area (Å²) in [5.41, 5.74) is 5.38. The van der Waals surface area contributed by atoms with E-state index in [4.69, 9.17) is 10.8 Å². The lowest BCUT2D eigenvalue weighted by atomic mass is 10.1. The van der Waals surface area contributed by atoms with Gasteiger partial charge in [0.2, 0.25) is 0 Å². The smallest absolute Gasteiger partial charge is 0.320 e. The maximum Gasteiger partial charge on any atom is 0.320 e. The predicted molar refractivity (Wildman–Crippen MR) is 89.6 cm³/mol. The number of hydrogen-bond donors (Lipinski definition) is 5. The molecule has 10 heteroatoms. The van der Waals surface area contributed by atoms with Gasteiger partial charge in [0.15, 0.2) is 0 Å². The summed E-state index contributed by atoms with van der Waals surface area (Å²) in [5, 5.41) is 30.1. The molecule has 1 unspecified atom stereocenters. The van der Waals surface area contributed by atoms with Gasteiger partial charge in [0.25, 0.3) is 0 Å². The fourth-order valence-corrected chi connectivity index (χ4v) is 6.09. The molecule has 3 atom stereocenters. The van der Waals surface area contributed by atoms with Gasteiger partial charge in [0, 0.05) is 6.54 Å². The molecule has 1 rings (SSSR count). The molecule has 6 N–H and O–H groups in total. The Morgan fingerprint density at radius 2 is 1.83 bits per heavy atom. The van der Waals surface area contributed by atoms with E-state index in [-0.39, 0.29) is 19.4 Å².